The second-order valence-electron chi connectivity index (χ2n) is 5.80. The minimum atomic E-state index is -0.00261. The third-order valence-corrected chi connectivity index (χ3v) is 4.28. The number of nitrogens with zero attached hydrogens (tertiary/aromatic N) is 2. The number of nitrogens with two attached hydrogens (primary N) is 1. The second kappa shape index (κ2) is 8.48. The van der Waals surface area contributed by atoms with Gasteiger partial charge in [0.15, 0.2) is 0 Å². The van der Waals surface area contributed by atoms with Gasteiger partial charge in [0.05, 0.1) is 11.1 Å². The molecule has 4 nitrogen and oxygen atoms in total. The topological polar surface area (TPSA) is 59.2 Å². The highest BCUT2D eigenvalue weighted by molar-refractivity contribution is 6.05. The number of para-hydroxylation sites is 1. The average Bonchev–Trinajstić information content (AvgIpc) is 2.53. The van der Waals surface area contributed by atoms with Crippen molar-refractivity contribution < 1.29 is 4.79 Å². The molecule has 0 spiro atoms. The summed E-state index contributed by atoms with van der Waals surface area (Å²) in [5.41, 5.74) is 7.53. The fraction of sp³-hybridized carbons (Fsp3) is 0.412. The van der Waals surface area contributed by atoms with Crippen LogP contribution < -0.4 is 5.73 Å². The number of carbonyl (C=O) groups excluding carboxylic acids is 1. The zero-order chi connectivity index (χ0) is 14.8. The van der Waals surface area contributed by atoms with Gasteiger partial charge in [-0.15, -0.1) is 24.8 Å². The Morgan fingerprint density at radius 3 is 2.74 bits per heavy atom. The highest BCUT2D eigenvalue weighted by Gasteiger charge is 2.30. The summed E-state index contributed by atoms with van der Waals surface area (Å²) in [4.78, 5) is 19.3. The summed E-state index contributed by atoms with van der Waals surface area (Å²) in [5.74, 6) is 0.0568. The molecular formula is C17H23Cl2N3O. The Labute approximate surface area is 149 Å². The fourth-order valence-electron chi connectivity index (χ4n) is 3.19. The van der Waals surface area contributed by atoms with Crippen LogP contribution in [0.5, 0.6) is 0 Å². The minimum absolute atomic E-state index is 0. The number of rotatable bonds is 2. The predicted molar refractivity (Wildman–Crippen MR) is 98.6 cm³/mol. The average molecular weight is 356 g/mol. The number of amides is 1. The first-order chi connectivity index (χ1) is 10.2. The van der Waals surface area contributed by atoms with E-state index in [0.717, 1.165) is 36.7 Å². The lowest BCUT2D eigenvalue weighted by Crippen LogP contribution is -2.51. The van der Waals surface area contributed by atoms with Crippen LogP contribution in [0.3, 0.4) is 0 Å². The second-order valence-corrected chi connectivity index (χ2v) is 5.80. The van der Waals surface area contributed by atoms with E-state index < -0.39 is 0 Å². The monoisotopic (exact) mass is 355 g/mol. The zero-order valence-electron chi connectivity index (χ0n) is 13.1. The number of likely N-dealkylation sites (tertiary alicyclic amines) is 1. The zero-order valence-corrected chi connectivity index (χ0v) is 14.8. The van der Waals surface area contributed by atoms with Gasteiger partial charge < -0.3 is 10.6 Å². The van der Waals surface area contributed by atoms with Crippen LogP contribution in [0.2, 0.25) is 0 Å². The molecule has 0 bridgehead atoms. The molecule has 6 heteroatoms. The molecule has 2 N–H and O–H groups in total. The van der Waals surface area contributed by atoms with E-state index in [9.17, 15) is 4.79 Å². The van der Waals surface area contributed by atoms with Crippen molar-refractivity contribution in [3.63, 3.8) is 0 Å². The predicted octanol–water partition coefficient (Wildman–Crippen LogP) is 3.42. The van der Waals surface area contributed by atoms with Crippen molar-refractivity contribution in [1.29, 1.82) is 0 Å². The Hall–Kier alpha value is -1.36. The molecule has 126 valence electrons. The smallest absolute Gasteiger partial charge is 0.256 e. The quantitative estimate of drug-likeness (QED) is 0.897. The van der Waals surface area contributed by atoms with Crippen LogP contribution in [0.1, 0.15) is 36.5 Å². The molecule has 0 radical (unpaired) electrons. The molecule has 1 aliphatic heterocycles. The molecule has 23 heavy (non-hydrogen) atoms. The normalized spacial score (nSPS) is 18.7. The van der Waals surface area contributed by atoms with E-state index in [1.807, 2.05) is 42.2 Å². The Morgan fingerprint density at radius 1 is 1.26 bits per heavy atom. The Bertz CT molecular complexity index is 658. The molecule has 1 saturated heterocycles. The Balaban J connectivity index is 0.00000132. The summed E-state index contributed by atoms with van der Waals surface area (Å²) in [5, 5.41) is 0.998. The SMILES string of the molecule is CC(N)C1CCCCN1C(=O)c1cccc2cccnc12.Cl.Cl. The molecule has 1 aromatic carbocycles. The number of pyridine rings is 1. The van der Waals surface area contributed by atoms with Gasteiger partial charge in [-0.2, -0.15) is 0 Å². The summed E-state index contributed by atoms with van der Waals surface area (Å²) in [6.45, 7) is 2.77. The van der Waals surface area contributed by atoms with Crippen molar-refractivity contribution in [2.45, 2.75) is 38.3 Å². The number of carbonyl (C=O) groups is 1. The fourth-order valence-corrected chi connectivity index (χ4v) is 3.19. The van der Waals surface area contributed by atoms with Gasteiger partial charge in [-0.25, -0.2) is 0 Å². The standard InChI is InChI=1S/C17H21N3O.2ClH/c1-12(18)15-9-2-3-11-20(15)17(21)14-8-4-6-13-7-5-10-19-16(13)14;;/h4-8,10,12,15H,2-3,9,11,18H2,1H3;2*1H. The summed E-state index contributed by atoms with van der Waals surface area (Å²) in [6, 6.07) is 9.77. The molecule has 1 amide bonds. The molecule has 1 aromatic heterocycles. The van der Waals surface area contributed by atoms with Crippen LogP contribution in [0.4, 0.5) is 0 Å². The van der Waals surface area contributed by atoms with Crippen LogP contribution in [0.15, 0.2) is 36.5 Å². The largest absolute Gasteiger partial charge is 0.334 e. The van der Waals surface area contributed by atoms with Crippen molar-refractivity contribution in [2.75, 3.05) is 6.54 Å². The number of hydrogen-bond acceptors (Lipinski definition) is 3. The summed E-state index contributed by atoms with van der Waals surface area (Å²) < 4.78 is 0. The van der Waals surface area contributed by atoms with Gasteiger partial charge in [0.25, 0.3) is 5.91 Å². The van der Waals surface area contributed by atoms with Gasteiger partial charge in [0.1, 0.15) is 0 Å². The third-order valence-electron chi connectivity index (χ3n) is 4.28. The lowest BCUT2D eigenvalue weighted by molar-refractivity contribution is 0.0585. The van der Waals surface area contributed by atoms with Crippen molar-refractivity contribution in [1.82, 2.24) is 9.88 Å². The minimum Gasteiger partial charge on any atom is -0.334 e. The van der Waals surface area contributed by atoms with Gasteiger partial charge in [0.2, 0.25) is 0 Å². The van der Waals surface area contributed by atoms with E-state index in [0.29, 0.717) is 5.56 Å². The molecule has 3 rings (SSSR count). The highest BCUT2D eigenvalue weighted by Crippen LogP contribution is 2.24. The van der Waals surface area contributed by atoms with Gasteiger partial charge in [-0.1, -0.05) is 18.2 Å². The van der Waals surface area contributed by atoms with Crippen LogP contribution >= 0.6 is 24.8 Å². The van der Waals surface area contributed by atoms with Crippen molar-refractivity contribution in [3.8, 4) is 0 Å². The van der Waals surface area contributed by atoms with E-state index in [-0.39, 0.29) is 42.8 Å². The van der Waals surface area contributed by atoms with Gasteiger partial charge >= 0.3 is 0 Å². The summed E-state index contributed by atoms with van der Waals surface area (Å²) in [7, 11) is 0. The Kier molecular flexibility index (Phi) is 7.26. The number of aromatic nitrogens is 1. The summed E-state index contributed by atoms with van der Waals surface area (Å²) in [6.07, 6.45) is 4.91. The number of halogens is 2. The van der Waals surface area contributed by atoms with E-state index >= 15 is 0 Å². The van der Waals surface area contributed by atoms with E-state index in [4.69, 9.17) is 5.73 Å². The first kappa shape index (κ1) is 19.7. The van der Waals surface area contributed by atoms with Crippen molar-refractivity contribution >= 4 is 41.6 Å². The van der Waals surface area contributed by atoms with Crippen LogP contribution in [0, 0.1) is 0 Å². The Morgan fingerprint density at radius 2 is 2.00 bits per heavy atom. The molecule has 2 aromatic rings. The maximum absolute atomic E-state index is 13.0. The molecule has 1 aliphatic rings. The van der Waals surface area contributed by atoms with E-state index in [1.165, 1.54) is 0 Å². The first-order valence-electron chi connectivity index (χ1n) is 7.59. The number of benzene rings is 1. The van der Waals surface area contributed by atoms with Crippen molar-refractivity contribution in [3.05, 3.63) is 42.1 Å². The maximum atomic E-state index is 13.0. The third kappa shape index (κ3) is 3.94. The maximum Gasteiger partial charge on any atom is 0.256 e. The van der Waals surface area contributed by atoms with E-state index in [2.05, 4.69) is 4.98 Å². The lowest BCUT2D eigenvalue weighted by atomic mass is 9.95. The molecule has 0 saturated carbocycles. The molecule has 1 fully saturated rings. The van der Waals surface area contributed by atoms with Gasteiger partial charge in [-0.05, 0) is 38.3 Å². The number of hydrogen-bond donors (Lipinski definition) is 1. The molecule has 2 unspecified atom stereocenters. The summed E-state index contributed by atoms with van der Waals surface area (Å²) >= 11 is 0. The number of piperidine rings is 1. The van der Waals surface area contributed by atoms with Crippen LogP contribution in [-0.4, -0.2) is 34.4 Å². The molecule has 2 atom stereocenters. The van der Waals surface area contributed by atoms with Crippen LogP contribution in [-0.2, 0) is 0 Å². The van der Waals surface area contributed by atoms with E-state index in [1.54, 1.807) is 6.20 Å². The van der Waals surface area contributed by atoms with Crippen molar-refractivity contribution in [2.24, 2.45) is 5.73 Å². The highest BCUT2D eigenvalue weighted by atomic mass is 35.5. The molecule has 0 aliphatic carbocycles. The van der Waals surface area contributed by atoms with Gasteiger partial charge in [0, 0.05) is 30.2 Å². The van der Waals surface area contributed by atoms with Gasteiger partial charge in [-0.3, -0.25) is 9.78 Å². The molecule has 2 heterocycles. The first-order valence-corrected chi connectivity index (χ1v) is 7.59. The lowest BCUT2D eigenvalue weighted by Gasteiger charge is -2.38. The van der Waals surface area contributed by atoms with Crippen LogP contribution in [0.25, 0.3) is 10.9 Å². The number of fused-ring (bicyclic) bond motifs is 1. The molecular weight excluding hydrogens is 333 g/mol.